The van der Waals surface area contributed by atoms with Crippen molar-refractivity contribution in [3.05, 3.63) is 46.0 Å². The van der Waals surface area contributed by atoms with Crippen molar-refractivity contribution in [1.82, 2.24) is 14.8 Å². The van der Waals surface area contributed by atoms with Gasteiger partial charge in [0.2, 0.25) is 5.78 Å². The molecule has 0 aromatic carbocycles. The van der Waals surface area contributed by atoms with E-state index >= 15 is 0 Å². The summed E-state index contributed by atoms with van der Waals surface area (Å²) >= 11 is 11.7. The third-order valence-corrected chi connectivity index (χ3v) is 2.92. The van der Waals surface area contributed by atoms with Crippen LogP contribution in [0.4, 0.5) is 0 Å². The van der Waals surface area contributed by atoms with Gasteiger partial charge in [0, 0.05) is 12.2 Å². The Hall–Kier alpha value is -1.39. The average molecular weight is 284 g/mol. The normalized spacial score (nSPS) is 10.9. The molecule has 18 heavy (non-hydrogen) atoms. The molecule has 4 nitrogen and oxygen atoms in total. The molecule has 2 aromatic rings. The number of hydrogen-bond donors (Lipinski definition) is 0. The summed E-state index contributed by atoms with van der Waals surface area (Å²) in [4.78, 5) is 16.3. The van der Waals surface area contributed by atoms with E-state index in [1.54, 1.807) is 16.8 Å². The Balaban J connectivity index is 2.45. The van der Waals surface area contributed by atoms with Gasteiger partial charge in [-0.25, -0.2) is 0 Å². The fourth-order valence-electron chi connectivity index (χ4n) is 1.58. The van der Waals surface area contributed by atoms with E-state index < -0.39 is 0 Å². The van der Waals surface area contributed by atoms with Gasteiger partial charge < -0.3 is 0 Å². The van der Waals surface area contributed by atoms with Gasteiger partial charge in [0.1, 0.15) is 11.4 Å². The topological polar surface area (TPSA) is 47.8 Å². The molecular formula is C12H11Cl2N3O. The molecule has 0 bridgehead atoms. The number of aromatic nitrogens is 3. The van der Waals surface area contributed by atoms with Crippen LogP contribution in [0.1, 0.15) is 36.1 Å². The van der Waals surface area contributed by atoms with Crippen LogP contribution in [0.3, 0.4) is 0 Å². The maximum Gasteiger partial charge on any atom is 0.230 e. The lowest BCUT2D eigenvalue weighted by atomic mass is 10.2. The van der Waals surface area contributed by atoms with Gasteiger partial charge in [-0.2, -0.15) is 5.10 Å². The number of carbonyl (C=O) groups excluding carboxylic acids is 1. The monoisotopic (exact) mass is 283 g/mol. The first kappa shape index (κ1) is 13.1. The molecule has 0 spiro atoms. The van der Waals surface area contributed by atoms with Gasteiger partial charge in [0.05, 0.1) is 16.2 Å². The molecule has 0 aliphatic rings. The quantitative estimate of drug-likeness (QED) is 0.811. The SMILES string of the molecule is CC(C)n1ncc(Cl)c1C(=O)c1ccc(Cl)cn1. The Bertz CT molecular complexity index is 576. The van der Waals surface area contributed by atoms with Crippen LogP contribution in [0.15, 0.2) is 24.5 Å². The van der Waals surface area contributed by atoms with Gasteiger partial charge in [0.15, 0.2) is 0 Å². The maximum absolute atomic E-state index is 12.3. The van der Waals surface area contributed by atoms with Crippen LogP contribution in [0.5, 0.6) is 0 Å². The molecule has 6 heteroatoms. The molecule has 0 N–H and O–H groups in total. The van der Waals surface area contributed by atoms with Crippen molar-refractivity contribution in [3.63, 3.8) is 0 Å². The minimum absolute atomic E-state index is 0.0451. The third kappa shape index (κ3) is 2.40. The molecule has 0 aliphatic heterocycles. The smallest absolute Gasteiger partial charge is 0.230 e. The molecule has 0 amide bonds. The summed E-state index contributed by atoms with van der Waals surface area (Å²) in [6.45, 7) is 3.85. The number of rotatable bonds is 3. The van der Waals surface area contributed by atoms with Crippen molar-refractivity contribution in [3.8, 4) is 0 Å². The van der Waals surface area contributed by atoms with Crippen LogP contribution in [0.2, 0.25) is 10.0 Å². The summed E-state index contributed by atoms with van der Waals surface area (Å²) in [5.41, 5.74) is 0.644. The van der Waals surface area contributed by atoms with Crippen molar-refractivity contribution < 1.29 is 4.79 Å². The van der Waals surface area contributed by atoms with Gasteiger partial charge in [-0.1, -0.05) is 23.2 Å². The molecule has 0 unspecified atom stereocenters. The number of ketones is 1. The van der Waals surface area contributed by atoms with E-state index in [-0.39, 0.29) is 11.8 Å². The van der Waals surface area contributed by atoms with E-state index in [9.17, 15) is 4.79 Å². The molecule has 0 radical (unpaired) electrons. The Morgan fingerprint density at radius 1 is 1.28 bits per heavy atom. The minimum Gasteiger partial charge on any atom is -0.285 e. The Morgan fingerprint density at radius 2 is 2.00 bits per heavy atom. The number of nitrogens with zero attached hydrogens (tertiary/aromatic N) is 3. The number of halogens is 2. The van der Waals surface area contributed by atoms with Gasteiger partial charge in [-0.05, 0) is 26.0 Å². The highest BCUT2D eigenvalue weighted by molar-refractivity contribution is 6.34. The Kier molecular flexibility index (Phi) is 3.68. The summed E-state index contributed by atoms with van der Waals surface area (Å²) in [6, 6.07) is 3.23. The van der Waals surface area contributed by atoms with Crippen LogP contribution in [0.25, 0.3) is 0 Å². The Labute approximate surface area is 115 Å². The second-order valence-electron chi connectivity index (χ2n) is 4.07. The van der Waals surface area contributed by atoms with Crippen LogP contribution in [-0.2, 0) is 0 Å². The lowest BCUT2D eigenvalue weighted by Crippen LogP contribution is -2.14. The highest BCUT2D eigenvalue weighted by Gasteiger charge is 2.21. The second kappa shape index (κ2) is 5.08. The van der Waals surface area contributed by atoms with Crippen molar-refractivity contribution >= 4 is 29.0 Å². The third-order valence-electron chi connectivity index (χ3n) is 2.42. The van der Waals surface area contributed by atoms with Gasteiger partial charge in [-0.15, -0.1) is 0 Å². The van der Waals surface area contributed by atoms with Gasteiger partial charge >= 0.3 is 0 Å². The van der Waals surface area contributed by atoms with E-state index in [4.69, 9.17) is 23.2 Å². The van der Waals surface area contributed by atoms with Crippen LogP contribution in [0, 0.1) is 0 Å². The lowest BCUT2D eigenvalue weighted by molar-refractivity contribution is 0.102. The summed E-state index contributed by atoms with van der Waals surface area (Å²) in [5, 5.41) is 4.90. The fraction of sp³-hybridized carbons (Fsp3) is 0.250. The fourth-order valence-corrected chi connectivity index (χ4v) is 1.90. The highest BCUT2D eigenvalue weighted by atomic mass is 35.5. The Morgan fingerprint density at radius 3 is 2.56 bits per heavy atom. The van der Waals surface area contributed by atoms with Crippen LogP contribution in [-0.4, -0.2) is 20.5 Å². The first-order chi connectivity index (χ1) is 8.50. The van der Waals surface area contributed by atoms with Crippen molar-refractivity contribution in [2.75, 3.05) is 0 Å². The average Bonchev–Trinajstić information content (AvgIpc) is 2.71. The van der Waals surface area contributed by atoms with Crippen molar-refractivity contribution in [2.45, 2.75) is 19.9 Å². The maximum atomic E-state index is 12.3. The molecule has 2 aromatic heterocycles. The van der Waals surface area contributed by atoms with Crippen LogP contribution >= 0.6 is 23.2 Å². The minimum atomic E-state index is -0.261. The molecule has 0 aliphatic carbocycles. The largest absolute Gasteiger partial charge is 0.285 e. The van der Waals surface area contributed by atoms with E-state index in [1.807, 2.05) is 13.8 Å². The van der Waals surface area contributed by atoms with E-state index in [1.165, 1.54) is 12.4 Å². The van der Waals surface area contributed by atoms with Gasteiger partial charge in [-0.3, -0.25) is 14.5 Å². The molecular weight excluding hydrogens is 273 g/mol. The van der Waals surface area contributed by atoms with Gasteiger partial charge in [0.25, 0.3) is 0 Å². The van der Waals surface area contributed by atoms with Crippen LogP contribution < -0.4 is 0 Å². The van der Waals surface area contributed by atoms with E-state index in [0.29, 0.717) is 21.4 Å². The number of carbonyl (C=O) groups is 1. The number of pyridine rings is 1. The zero-order chi connectivity index (χ0) is 13.3. The van der Waals surface area contributed by atoms with Crippen molar-refractivity contribution in [1.29, 1.82) is 0 Å². The molecule has 2 rings (SSSR count). The molecule has 0 saturated heterocycles. The second-order valence-corrected chi connectivity index (χ2v) is 4.91. The summed E-state index contributed by atoms with van der Waals surface area (Å²) in [7, 11) is 0. The summed E-state index contributed by atoms with van der Waals surface area (Å²) in [6.07, 6.45) is 2.89. The van der Waals surface area contributed by atoms with E-state index in [0.717, 1.165) is 0 Å². The predicted octanol–water partition coefficient (Wildman–Crippen LogP) is 3.40. The first-order valence-electron chi connectivity index (χ1n) is 5.40. The summed E-state index contributed by atoms with van der Waals surface area (Å²) in [5.74, 6) is -0.261. The molecule has 0 atom stereocenters. The molecule has 0 fully saturated rings. The summed E-state index contributed by atoms with van der Waals surface area (Å²) < 4.78 is 1.58. The molecule has 2 heterocycles. The highest BCUT2D eigenvalue weighted by Crippen LogP contribution is 2.21. The standard InChI is InChI=1S/C12H11Cl2N3O/c1-7(2)17-11(9(14)6-16-17)12(18)10-4-3-8(13)5-15-10/h3-7H,1-2H3. The number of hydrogen-bond acceptors (Lipinski definition) is 3. The zero-order valence-electron chi connectivity index (χ0n) is 9.89. The van der Waals surface area contributed by atoms with E-state index in [2.05, 4.69) is 10.1 Å². The first-order valence-corrected chi connectivity index (χ1v) is 6.15. The zero-order valence-corrected chi connectivity index (χ0v) is 11.4. The predicted molar refractivity (Wildman–Crippen MR) is 70.3 cm³/mol. The lowest BCUT2D eigenvalue weighted by Gasteiger charge is -2.10. The van der Waals surface area contributed by atoms with Crippen molar-refractivity contribution in [2.24, 2.45) is 0 Å². The molecule has 94 valence electrons. The molecule has 0 saturated carbocycles.